The minimum absolute atomic E-state index is 0.0925. The van der Waals surface area contributed by atoms with Gasteiger partial charge in [-0.1, -0.05) is 12.1 Å². The highest BCUT2D eigenvalue weighted by Gasteiger charge is 2.00. The fourth-order valence-electron chi connectivity index (χ4n) is 1.20. The molecule has 3 N–H and O–H groups in total. The molecule has 0 aliphatic carbocycles. The predicted molar refractivity (Wildman–Crippen MR) is 58.4 cm³/mol. The van der Waals surface area contributed by atoms with E-state index in [0.29, 0.717) is 18.8 Å². The number of benzene rings is 1. The Morgan fingerprint density at radius 2 is 2.25 bits per heavy atom. The van der Waals surface area contributed by atoms with E-state index in [-0.39, 0.29) is 13.2 Å². The van der Waals surface area contributed by atoms with E-state index in [0.717, 1.165) is 5.56 Å². The summed E-state index contributed by atoms with van der Waals surface area (Å²) in [5, 5.41) is 20.1. The van der Waals surface area contributed by atoms with E-state index in [9.17, 15) is 4.79 Å². The van der Waals surface area contributed by atoms with Crippen LogP contribution in [0.15, 0.2) is 24.3 Å². The van der Waals surface area contributed by atoms with Crippen molar-refractivity contribution in [3.05, 3.63) is 29.8 Å². The summed E-state index contributed by atoms with van der Waals surface area (Å²) in [7, 11) is 0. The average Bonchev–Trinajstić information content (AvgIpc) is 2.27. The van der Waals surface area contributed by atoms with Crippen molar-refractivity contribution in [1.82, 2.24) is 5.32 Å². The van der Waals surface area contributed by atoms with Crippen LogP contribution in [0.25, 0.3) is 0 Å². The summed E-state index contributed by atoms with van der Waals surface area (Å²) >= 11 is 0. The third-order valence-electron chi connectivity index (χ3n) is 1.88. The van der Waals surface area contributed by atoms with Gasteiger partial charge < -0.3 is 20.3 Å². The van der Waals surface area contributed by atoms with E-state index in [1.54, 1.807) is 18.2 Å². The molecule has 0 unspecified atom stereocenters. The van der Waals surface area contributed by atoms with E-state index < -0.39 is 5.97 Å². The maximum atomic E-state index is 10.3. The number of hydrogen-bond donors (Lipinski definition) is 3. The lowest BCUT2D eigenvalue weighted by Crippen LogP contribution is -2.17. The molecule has 5 nitrogen and oxygen atoms in total. The van der Waals surface area contributed by atoms with Crippen molar-refractivity contribution in [3.8, 4) is 5.75 Å². The normalized spacial score (nSPS) is 10.1. The highest BCUT2D eigenvalue weighted by atomic mass is 16.5. The molecule has 0 aliphatic rings. The standard InChI is InChI=1S/C11H15NO4/c13-5-4-12-7-9-2-1-3-10(6-9)16-8-11(14)15/h1-3,6,12-13H,4-5,7-8H2,(H,14,15). The number of aliphatic hydroxyl groups is 1. The Kier molecular flexibility index (Phi) is 5.31. The summed E-state index contributed by atoms with van der Waals surface area (Å²) in [5.74, 6) is -0.463. The van der Waals surface area contributed by atoms with Gasteiger partial charge in [-0.2, -0.15) is 0 Å². The van der Waals surface area contributed by atoms with Crippen LogP contribution in [0.1, 0.15) is 5.56 Å². The molecule has 0 saturated carbocycles. The van der Waals surface area contributed by atoms with Gasteiger partial charge in [-0.25, -0.2) is 4.79 Å². The van der Waals surface area contributed by atoms with Gasteiger partial charge in [-0.3, -0.25) is 0 Å². The quantitative estimate of drug-likeness (QED) is 0.579. The molecule has 0 atom stereocenters. The first-order valence-corrected chi connectivity index (χ1v) is 4.97. The number of carboxylic acid groups (broad SMARTS) is 1. The molecule has 0 radical (unpaired) electrons. The van der Waals surface area contributed by atoms with Gasteiger partial charge in [0.15, 0.2) is 6.61 Å². The van der Waals surface area contributed by atoms with Gasteiger partial charge in [0.1, 0.15) is 5.75 Å². The topological polar surface area (TPSA) is 78.8 Å². The summed E-state index contributed by atoms with van der Waals surface area (Å²) in [5.41, 5.74) is 0.983. The maximum Gasteiger partial charge on any atom is 0.341 e. The van der Waals surface area contributed by atoms with Crippen LogP contribution in [0.5, 0.6) is 5.75 Å². The Hall–Kier alpha value is -1.59. The highest BCUT2D eigenvalue weighted by Crippen LogP contribution is 2.12. The Bertz CT molecular complexity index is 341. The smallest absolute Gasteiger partial charge is 0.341 e. The minimum atomic E-state index is -0.996. The van der Waals surface area contributed by atoms with E-state index in [1.165, 1.54) is 0 Å². The van der Waals surface area contributed by atoms with Crippen LogP contribution in [-0.4, -0.2) is 35.9 Å². The molecule has 0 saturated heterocycles. The molecule has 0 fully saturated rings. The van der Waals surface area contributed by atoms with Crippen LogP contribution in [0, 0.1) is 0 Å². The SMILES string of the molecule is O=C(O)COc1cccc(CNCCO)c1. The third kappa shape index (κ3) is 4.77. The van der Waals surface area contributed by atoms with Crippen molar-refractivity contribution in [2.24, 2.45) is 0 Å². The van der Waals surface area contributed by atoms with Crippen LogP contribution >= 0.6 is 0 Å². The Morgan fingerprint density at radius 1 is 1.44 bits per heavy atom. The fraction of sp³-hybridized carbons (Fsp3) is 0.364. The van der Waals surface area contributed by atoms with E-state index >= 15 is 0 Å². The molecule has 0 spiro atoms. The van der Waals surface area contributed by atoms with Crippen molar-refractivity contribution < 1.29 is 19.7 Å². The van der Waals surface area contributed by atoms with Crippen LogP contribution in [-0.2, 0) is 11.3 Å². The number of nitrogens with one attached hydrogen (secondary N) is 1. The Labute approximate surface area is 93.7 Å². The van der Waals surface area contributed by atoms with Crippen LogP contribution in [0.4, 0.5) is 0 Å². The third-order valence-corrected chi connectivity index (χ3v) is 1.88. The summed E-state index contributed by atoms with van der Waals surface area (Å²) in [6, 6.07) is 7.18. The molecule has 0 bridgehead atoms. The monoisotopic (exact) mass is 225 g/mol. The summed E-state index contributed by atoms with van der Waals surface area (Å²) < 4.78 is 5.04. The molecule has 0 aromatic heterocycles. The zero-order valence-electron chi connectivity index (χ0n) is 8.85. The molecule has 88 valence electrons. The lowest BCUT2D eigenvalue weighted by Gasteiger charge is -2.06. The van der Waals surface area contributed by atoms with Crippen molar-refractivity contribution in [3.63, 3.8) is 0 Å². The average molecular weight is 225 g/mol. The number of rotatable bonds is 7. The number of aliphatic carboxylic acids is 1. The lowest BCUT2D eigenvalue weighted by atomic mass is 10.2. The summed E-state index contributed by atoms with van der Waals surface area (Å²) in [6.07, 6.45) is 0. The largest absolute Gasteiger partial charge is 0.482 e. The molecular formula is C11H15NO4. The zero-order chi connectivity index (χ0) is 11.8. The van der Waals surface area contributed by atoms with E-state index in [2.05, 4.69) is 5.32 Å². The van der Waals surface area contributed by atoms with E-state index in [4.69, 9.17) is 14.9 Å². The molecule has 0 amide bonds. The molecule has 1 aromatic rings. The van der Waals surface area contributed by atoms with Gasteiger partial charge in [0.25, 0.3) is 0 Å². The van der Waals surface area contributed by atoms with E-state index in [1.807, 2.05) is 6.07 Å². The second-order valence-corrected chi connectivity index (χ2v) is 3.23. The van der Waals surface area contributed by atoms with Crippen molar-refractivity contribution in [1.29, 1.82) is 0 Å². The molecule has 1 rings (SSSR count). The Morgan fingerprint density at radius 3 is 2.94 bits per heavy atom. The first-order chi connectivity index (χ1) is 7.72. The van der Waals surface area contributed by atoms with Gasteiger partial charge in [0, 0.05) is 13.1 Å². The van der Waals surface area contributed by atoms with Gasteiger partial charge in [0.2, 0.25) is 0 Å². The summed E-state index contributed by atoms with van der Waals surface area (Å²) in [6.45, 7) is 0.897. The fourth-order valence-corrected chi connectivity index (χ4v) is 1.20. The van der Waals surface area contributed by atoms with Gasteiger partial charge in [0.05, 0.1) is 6.61 Å². The lowest BCUT2D eigenvalue weighted by molar-refractivity contribution is -0.139. The first-order valence-electron chi connectivity index (χ1n) is 4.97. The van der Waals surface area contributed by atoms with Gasteiger partial charge >= 0.3 is 5.97 Å². The van der Waals surface area contributed by atoms with Gasteiger partial charge in [-0.15, -0.1) is 0 Å². The van der Waals surface area contributed by atoms with Crippen molar-refractivity contribution in [2.45, 2.75) is 6.54 Å². The predicted octanol–water partition coefficient (Wildman–Crippen LogP) is 0.232. The zero-order valence-corrected chi connectivity index (χ0v) is 8.85. The van der Waals surface area contributed by atoms with Crippen molar-refractivity contribution in [2.75, 3.05) is 19.8 Å². The minimum Gasteiger partial charge on any atom is -0.482 e. The second-order valence-electron chi connectivity index (χ2n) is 3.23. The molecule has 0 aliphatic heterocycles. The highest BCUT2D eigenvalue weighted by molar-refractivity contribution is 5.68. The molecule has 1 aromatic carbocycles. The summed E-state index contributed by atoms with van der Waals surface area (Å²) in [4.78, 5) is 10.3. The molecule has 16 heavy (non-hydrogen) atoms. The molecular weight excluding hydrogens is 210 g/mol. The number of ether oxygens (including phenoxy) is 1. The van der Waals surface area contributed by atoms with Crippen LogP contribution in [0.3, 0.4) is 0 Å². The molecule has 0 heterocycles. The van der Waals surface area contributed by atoms with Gasteiger partial charge in [-0.05, 0) is 17.7 Å². The second kappa shape index (κ2) is 6.81. The first kappa shape index (κ1) is 12.5. The van der Waals surface area contributed by atoms with Crippen LogP contribution < -0.4 is 10.1 Å². The number of carbonyl (C=O) groups is 1. The maximum absolute atomic E-state index is 10.3. The molecule has 5 heteroatoms. The number of carboxylic acids is 1. The van der Waals surface area contributed by atoms with Crippen LogP contribution in [0.2, 0.25) is 0 Å². The Balaban J connectivity index is 2.46. The number of aliphatic hydroxyl groups excluding tert-OH is 1. The number of hydrogen-bond acceptors (Lipinski definition) is 4. The van der Waals surface area contributed by atoms with Crippen molar-refractivity contribution >= 4 is 5.97 Å².